The number of carbonyl (C=O) groups is 1. The SMILES string of the molecule is COCCS(=O)CCC(=O)Nc1ccc(Cl)c(N)c1. The Morgan fingerprint density at radius 1 is 1.47 bits per heavy atom. The van der Waals surface area contributed by atoms with E-state index >= 15 is 0 Å². The van der Waals surface area contributed by atoms with E-state index in [0.29, 0.717) is 34.5 Å². The molecule has 0 aliphatic carbocycles. The number of ether oxygens (including phenoxy) is 1. The van der Waals surface area contributed by atoms with Gasteiger partial charge in [-0.3, -0.25) is 9.00 Å². The van der Waals surface area contributed by atoms with Crippen LogP contribution in [0.3, 0.4) is 0 Å². The fourth-order valence-electron chi connectivity index (χ4n) is 1.33. The van der Waals surface area contributed by atoms with Crippen molar-refractivity contribution in [2.75, 3.05) is 36.3 Å². The van der Waals surface area contributed by atoms with E-state index in [4.69, 9.17) is 22.1 Å². The predicted octanol–water partition coefficient (Wildman–Crippen LogP) is 1.65. The molecular weight excluding hydrogens is 288 g/mol. The van der Waals surface area contributed by atoms with Crippen LogP contribution in [-0.4, -0.2) is 35.3 Å². The molecule has 1 atom stereocenters. The molecule has 19 heavy (non-hydrogen) atoms. The standard InChI is InChI=1S/C12H17ClN2O3S/c1-18-5-7-19(17)6-4-12(16)15-9-2-3-10(13)11(14)8-9/h2-3,8H,4-7,14H2,1H3,(H,15,16). The van der Waals surface area contributed by atoms with Gasteiger partial charge >= 0.3 is 0 Å². The first kappa shape index (κ1) is 15.9. The summed E-state index contributed by atoms with van der Waals surface area (Å²) in [5.41, 5.74) is 6.61. The Bertz CT molecular complexity index is 468. The summed E-state index contributed by atoms with van der Waals surface area (Å²) in [6.45, 7) is 0.432. The van der Waals surface area contributed by atoms with Crippen molar-refractivity contribution < 1.29 is 13.7 Å². The number of rotatable bonds is 7. The van der Waals surface area contributed by atoms with Crippen LogP contribution >= 0.6 is 11.6 Å². The Morgan fingerprint density at radius 2 is 2.21 bits per heavy atom. The van der Waals surface area contributed by atoms with E-state index in [0.717, 1.165) is 0 Å². The van der Waals surface area contributed by atoms with Crippen LogP contribution in [0.1, 0.15) is 6.42 Å². The van der Waals surface area contributed by atoms with Crippen molar-refractivity contribution in [1.82, 2.24) is 0 Å². The van der Waals surface area contributed by atoms with Crippen LogP contribution < -0.4 is 11.1 Å². The second-order valence-electron chi connectivity index (χ2n) is 3.88. The molecule has 7 heteroatoms. The molecule has 0 bridgehead atoms. The van der Waals surface area contributed by atoms with Crippen LogP contribution in [0.4, 0.5) is 11.4 Å². The topological polar surface area (TPSA) is 81.4 Å². The van der Waals surface area contributed by atoms with Gasteiger partial charge in [-0.1, -0.05) is 11.6 Å². The Morgan fingerprint density at radius 3 is 2.84 bits per heavy atom. The Balaban J connectivity index is 2.38. The number of anilines is 2. The minimum absolute atomic E-state index is 0.193. The maximum atomic E-state index is 11.6. The highest BCUT2D eigenvalue weighted by Crippen LogP contribution is 2.22. The second-order valence-corrected chi connectivity index (χ2v) is 5.98. The third kappa shape index (κ3) is 6.04. The lowest BCUT2D eigenvalue weighted by Gasteiger charge is -2.07. The average Bonchev–Trinajstić information content (AvgIpc) is 2.38. The zero-order valence-electron chi connectivity index (χ0n) is 10.6. The maximum absolute atomic E-state index is 11.6. The van der Waals surface area contributed by atoms with Crippen LogP contribution in [0.15, 0.2) is 18.2 Å². The van der Waals surface area contributed by atoms with Crippen molar-refractivity contribution in [3.05, 3.63) is 23.2 Å². The van der Waals surface area contributed by atoms with Crippen molar-refractivity contribution in [1.29, 1.82) is 0 Å². The molecule has 0 fully saturated rings. The summed E-state index contributed by atoms with van der Waals surface area (Å²) in [5, 5.41) is 3.12. The molecule has 0 aliphatic heterocycles. The van der Waals surface area contributed by atoms with Crippen LogP contribution in [0.2, 0.25) is 5.02 Å². The van der Waals surface area contributed by atoms with Crippen molar-refractivity contribution in [2.45, 2.75) is 6.42 Å². The lowest BCUT2D eigenvalue weighted by molar-refractivity contribution is -0.115. The lowest BCUT2D eigenvalue weighted by Crippen LogP contribution is -2.17. The summed E-state index contributed by atoms with van der Waals surface area (Å²) >= 11 is 5.78. The average molecular weight is 305 g/mol. The highest BCUT2D eigenvalue weighted by atomic mass is 35.5. The molecule has 0 radical (unpaired) electrons. The van der Waals surface area contributed by atoms with Crippen molar-refractivity contribution >= 4 is 39.7 Å². The fraction of sp³-hybridized carbons (Fsp3) is 0.417. The number of nitrogen functional groups attached to an aromatic ring is 1. The Labute approximate surface area is 119 Å². The first-order valence-electron chi connectivity index (χ1n) is 5.71. The predicted molar refractivity (Wildman–Crippen MR) is 78.9 cm³/mol. The van der Waals surface area contributed by atoms with Gasteiger partial charge in [0.25, 0.3) is 0 Å². The summed E-state index contributed by atoms with van der Waals surface area (Å²) < 4.78 is 16.3. The molecule has 1 unspecified atom stereocenters. The van der Waals surface area contributed by atoms with Gasteiger partial charge in [-0.2, -0.15) is 0 Å². The molecule has 0 aromatic heterocycles. The second kappa shape index (κ2) is 8.14. The van der Waals surface area contributed by atoms with Gasteiger partial charge in [-0.25, -0.2) is 0 Å². The van der Waals surface area contributed by atoms with Crippen molar-refractivity contribution in [3.63, 3.8) is 0 Å². The molecule has 1 amide bonds. The third-order valence-corrected chi connectivity index (χ3v) is 3.98. The van der Waals surface area contributed by atoms with Gasteiger partial charge in [0.1, 0.15) is 0 Å². The van der Waals surface area contributed by atoms with Crippen LogP contribution in [0, 0.1) is 0 Å². The zero-order chi connectivity index (χ0) is 14.3. The number of hydrogen-bond acceptors (Lipinski definition) is 4. The fourth-order valence-corrected chi connectivity index (χ4v) is 2.42. The third-order valence-electron chi connectivity index (χ3n) is 2.35. The molecule has 1 aromatic carbocycles. The van der Waals surface area contributed by atoms with Crippen LogP contribution in [-0.2, 0) is 20.3 Å². The van der Waals surface area contributed by atoms with Gasteiger partial charge in [0.2, 0.25) is 5.91 Å². The van der Waals surface area contributed by atoms with E-state index < -0.39 is 10.8 Å². The number of benzene rings is 1. The number of carbonyl (C=O) groups excluding carboxylic acids is 1. The molecule has 106 valence electrons. The van der Waals surface area contributed by atoms with Gasteiger partial charge < -0.3 is 15.8 Å². The summed E-state index contributed by atoms with van der Waals surface area (Å²) in [5.74, 6) is 0.558. The van der Waals surface area contributed by atoms with Crippen molar-refractivity contribution in [3.8, 4) is 0 Å². The van der Waals surface area contributed by atoms with E-state index in [-0.39, 0.29) is 12.3 Å². The number of nitrogens with one attached hydrogen (secondary N) is 1. The van der Waals surface area contributed by atoms with E-state index in [1.165, 1.54) is 0 Å². The van der Waals surface area contributed by atoms with Gasteiger partial charge in [0, 0.05) is 41.5 Å². The molecule has 0 heterocycles. The Kier molecular flexibility index (Phi) is 6.83. The molecule has 1 aromatic rings. The number of nitrogens with two attached hydrogens (primary N) is 1. The Hall–Kier alpha value is -1.11. The van der Waals surface area contributed by atoms with Gasteiger partial charge in [-0.05, 0) is 18.2 Å². The largest absolute Gasteiger partial charge is 0.397 e. The van der Waals surface area contributed by atoms with Crippen LogP contribution in [0.25, 0.3) is 0 Å². The smallest absolute Gasteiger partial charge is 0.225 e. The number of methoxy groups -OCH3 is 1. The summed E-state index contributed by atoms with van der Waals surface area (Å²) in [4.78, 5) is 11.6. The quantitative estimate of drug-likeness (QED) is 0.750. The molecule has 3 N–H and O–H groups in total. The number of halogens is 1. The molecule has 0 spiro atoms. The molecular formula is C12H17ClN2O3S. The van der Waals surface area contributed by atoms with E-state index in [2.05, 4.69) is 5.32 Å². The molecule has 0 saturated carbocycles. The number of amides is 1. The highest BCUT2D eigenvalue weighted by molar-refractivity contribution is 7.85. The maximum Gasteiger partial charge on any atom is 0.225 e. The van der Waals surface area contributed by atoms with E-state index in [9.17, 15) is 9.00 Å². The van der Waals surface area contributed by atoms with Gasteiger partial charge in [0.05, 0.1) is 17.3 Å². The minimum Gasteiger partial charge on any atom is -0.397 e. The molecule has 5 nitrogen and oxygen atoms in total. The monoisotopic (exact) mass is 304 g/mol. The minimum atomic E-state index is -1.04. The number of hydrogen-bond donors (Lipinski definition) is 2. The zero-order valence-corrected chi connectivity index (χ0v) is 12.2. The van der Waals surface area contributed by atoms with Gasteiger partial charge in [0.15, 0.2) is 0 Å². The first-order chi connectivity index (χ1) is 9.02. The molecule has 0 saturated heterocycles. The van der Waals surface area contributed by atoms with Crippen LogP contribution in [0.5, 0.6) is 0 Å². The van der Waals surface area contributed by atoms with Crippen molar-refractivity contribution in [2.24, 2.45) is 0 Å². The molecule has 1 rings (SSSR count). The van der Waals surface area contributed by atoms with Gasteiger partial charge in [-0.15, -0.1) is 0 Å². The highest BCUT2D eigenvalue weighted by Gasteiger charge is 2.07. The summed E-state index contributed by atoms with van der Waals surface area (Å²) in [6, 6.07) is 4.86. The van der Waals surface area contributed by atoms with E-state index in [1.807, 2.05) is 0 Å². The first-order valence-corrected chi connectivity index (χ1v) is 7.58. The molecule has 0 aliphatic rings. The summed E-state index contributed by atoms with van der Waals surface area (Å²) in [7, 11) is 0.512. The summed E-state index contributed by atoms with van der Waals surface area (Å²) in [6.07, 6.45) is 0.193. The normalized spacial score (nSPS) is 12.1. The lowest BCUT2D eigenvalue weighted by atomic mass is 10.2. The van der Waals surface area contributed by atoms with E-state index in [1.54, 1.807) is 25.3 Å².